The van der Waals surface area contributed by atoms with Gasteiger partial charge in [-0.25, -0.2) is 4.79 Å². The molecule has 1 aromatic rings. The number of carbonyl (C=O) groups excluding carboxylic acids is 1. The van der Waals surface area contributed by atoms with Gasteiger partial charge in [-0.1, -0.05) is 44.2 Å². The molecule has 1 aliphatic rings. The van der Waals surface area contributed by atoms with Crippen LogP contribution in [0.2, 0.25) is 0 Å². The first-order chi connectivity index (χ1) is 9.96. The van der Waals surface area contributed by atoms with Gasteiger partial charge in [0.05, 0.1) is 6.61 Å². The molecule has 1 aromatic carbocycles. The minimum absolute atomic E-state index is 0.00680. The van der Waals surface area contributed by atoms with E-state index in [-0.39, 0.29) is 24.1 Å². The molecule has 1 saturated carbocycles. The smallest absolute Gasteiger partial charge is 0.317 e. The number of carbonyl (C=O) groups is 1. The molecule has 2 N–H and O–H groups in total. The van der Waals surface area contributed by atoms with E-state index in [0.717, 1.165) is 12.8 Å². The van der Waals surface area contributed by atoms with Crippen molar-refractivity contribution >= 4 is 6.03 Å². The highest BCUT2D eigenvalue weighted by Crippen LogP contribution is 2.29. The minimum atomic E-state index is -0.147. The third kappa shape index (κ3) is 3.76. The van der Waals surface area contributed by atoms with Crippen LogP contribution >= 0.6 is 0 Å². The van der Waals surface area contributed by atoms with E-state index < -0.39 is 0 Å². The number of hydrogen-bond donors (Lipinski definition) is 2. The molecule has 0 aromatic heterocycles. The van der Waals surface area contributed by atoms with Gasteiger partial charge in [-0.2, -0.15) is 0 Å². The molecule has 1 aliphatic carbocycles. The number of hydrogen-bond acceptors (Lipinski definition) is 2. The van der Waals surface area contributed by atoms with E-state index in [1.54, 1.807) is 4.90 Å². The summed E-state index contributed by atoms with van der Waals surface area (Å²) in [5.41, 5.74) is 1.06. The van der Waals surface area contributed by atoms with Crippen molar-refractivity contribution < 1.29 is 9.90 Å². The van der Waals surface area contributed by atoms with Crippen LogP contribution in [0.1, 0.15) is 39.2 Å². The predicted molar refractivity (Wildman–Crippen MR) is 84.3 cm³/mol. The van der Waals surface area contributed by atoms with Crippen molar-refractivity contribution in [2.45, 2.75) is 51.1 Å². The Kier molecular flexibility index (Phi) is 4.88. The topological polar surface area (TPSA) is 52.6 Å². The average Bonchev–Trinajstić information content (AvgIpc) is 3.30. The lowest BCUT2D eigenvalue weighted by Crippen LogP contribution is -2.51. The molecule has 21 heavy (non-hydrogen) atoms. The van der Waals surface area contributed by atoms with Crippen molar-refractivity contribution in [2.75, 3.05) is 13.2 Å². The standard InChI is InChI=1S/C17H26N2O2/c1-13(17(2,3)14-7-5-4-6-8-14)18-16(21)19(11-12-20)15-9-10-15/h4-8,13,15,20H,9-12H2,1-3H3,(H,18,21). The Balaban J connectivity index is 2.02. The molecular weight excluding hydrogens is 264 g/mol. The molecule has 116 valence electrons. The van der Waals surface area contributed by atoms with Gasteiger partial charge in [0, 0.05) is 24.0 Å². The second-order valence-electron chi connectivity index (χ2n) is 6.41. The third-order valence-corrected chi connectivity index (χ3v) is 4.53. The molecule has 1 atom stereocenters. The number of nitrogens with zero attached hydrogens (tertiary/aromatic N) is 1. The fraction of sp³-hybridized carbons (Fsp3) is 0.588. The number of amides is 2. The quantitative estimate of drug-likeness (QED) is 0.846. The van der Waals surface area contributed by atoms with Gasteiger partial charge in [0.15, 0.2) is 0 Å². The van der Waals surface area contributed by atoms with E-state index in [1.807, 2.05) is 25.1 Å². The zero-order valence-corrected chi connectivity index (χ0v) is 13.2. The van der Waals surface area contributed by atoms with E-state index >= 15 is 0 Å². The first-order valence-electron chi connectivity index (χ1n) is 7.70. The summed E-state index contributed by atoms with van der Waals surface area (Å²) >= 11 is 0. The van der Waals surface area contributed by atoms with Crippen LogP contribution < -0.4 is 5.32 Å². The summed E-state index contributed by atoms with van der Waals surface area (Å²) in [5.74, 6) is 0. The van der Waals surface area contributed by atoms with Crippen LogP contribution in [0.15, 0.2) is 30.3 Å². The van der Waals surface area contributed by atoms with E-state index in [2.05, 4.69) is 31.3 Å². The lowest BCUT2D eigenvalue weighted by molar-refractivity contribution is 0.167. The molecule has 0 saturated heterocycles. The summed E-state index contributed by atoms with van der Waals surface area (Å²) in [7, 11) is 0. The van der Waals surface area contributed by atoms with Crippen molar-refractivity contribution in [3.63, 3.8) is 0 Å². The Morgan fingerprint density at radius 1 is 1.38 bits per heavy atom. The molecule has 0 bridgehead atoms. The first kappa shape index (κ1) is 15.8. The second kappa shape index (κ2) is 6.48. The zero-order chi connectivity index (χ0) is 15.5. The third-order valence-electron chi connectivity index (χ3n) is 4.53. The number of nitrogens with one attached hydrogen (secondary N) is 1. The van der Waals surface area contributed by atoms with Gasteiger partial charge in [0.1, 0.15) is 0 Å². The maximum atomic E-state index is 12.4. The van der Waals surface area contributed by atoms with Crippen LogP contribution in [0.25, 0.3) is 0 Å². The van der Waals surface area contributed by atoms with Crippen molar-refractivity contribution in [3.8, 4) is 0 Å². The normalized spacial score (nSPS) is 16.4. The van der Waals surface area contributed by atoms with Gasteiger partial charge in [0.2, 0.25) is 0 Å². The Labute approximate surface area is 127 Å². The van der Waals surface area contributed by atoms with Crippen molar-refractivity contribution in [1.29, 1.82) is 0 Å². The summed E-state index contributed by atoms with van der Waals surface area (Å²) in [6.07, 6.45) is 2.09. The van der Waals surface area contributed by atoms with Gasteiger partial charge in [-0.3, -0.25) is 0 Å². The maximum Gasteiger partial charge on any atom is 0.317 e. The van der Waals surface area contributed by atoms with Crippen LogP contribution in [0, 0.1) is 0 Å². The largest absolute Gasteiger partial charge is 0.395 e. The highest BCUT2D eigenvalue weighted by atomic mass is 16.3. The molecule has 4 nitrogen and oxygen atoms in total. The fourth-order valence-corrected chi connectivity index (χ4v) is 2.51. The molecule has 4 heteroatoms. The van der Waals surface area contributed by atoms with Crippen molar-refractivity contribution in [2.24, 2.45) is 0 Å². The Hall–Kier alpha value is -1.55. The molecule has 1 unspecified atom stereocenters. The minimum Gasteiger partial charge on any atom is -0.395 e. The molecule has 1 fully saturated rings. The molecule has 0 spiro atoms. The summed E-state index contributed by atoms with van der Waals surface area (Å²) < 4.78 is 0. The molecule has 0 aliphatic heterocycles. The Morgan fingerprint density at radius 3 is 2.52 bits per heavy atom. The molecule has 2 amide bonds. The fourth-order valence-electron chi connectivity index (χ4n) is 2.51. The number of aliphatic hydroxyl groups is 1. The van der Waals surface area contributed by atoms with Gasteiger partial charge in [-0.05, 0) is 25.3 Å². The van der Waals surface area contributed by atoms with E-state index in [0.29, 0.717) is 12.6 Å². The highest BCUT2D eigenvalue weighted by Gasteiger charge is 2.35. The second-order valence-corrected chi connectivity index (χ2v) is 6.41. The predicted octanol–water partition coefficient (Wildman–Crippen LogP) is 2.52. The van der Waals surface area contributed by atoms with Crippen LogP contribution in [0.5, 0.6) is 0 Å². The monoisotopic (exact) mass is 290 g/mol. The molecule has 0 radical (unpaired) electrons. The van der Waals surface area contributed by atoms with Crippen LogP contribution in [0.4, 0.5) is 4.79 Å². The number of urea groups is 1. The lowest BCUT2D eigenvalue weighted by Gasteiger charge is -2.35. The summed E-state index contributed by atoms with van der Waals surface area (Å²) in [5, 5.41) is 12.2. The summed E-state index contributed by atoms with van der Waals surface area (Å²) in [6.45, 7) is 6.74. The van der Waals surface area contributed by atoms with E-state index in [9.17, 15) is 4.79 Å². The molecular formula is C17H26N2O2. The number of benzene rings is 1. The molecule has 0 heterocycles. The summed E-state index contributed by atoms with van der Waals surface area (Å²) in [4.78, 5) is 14.2. The van der Waals surface area contributed by atoms with Crippen LogP contribution in [0.3, 0.4) is 0 Å². The van der Waals surface area contributed by atoms with E-state index in [1.165, 1.54) is 5.56 Å². The number of rotatable bonds is 6. The van der Waals surface area contributed by atoms with Gasteiger partial charge >= 0.3 is 6.03 Å². The maximum absolute atomic E-state index is 12.4. The number of aliphatic hydroxyl groups excluding tert-OH is 1. The van der Waals surface area contributed by atoms with Gasteiger partial charge < -0.3 is 15.3 Å². The first-order valence-corrected chi connectivity index (χ1v) is 7.70. The Morgan fingerprint density at radius 2 is 2.00 bits per heavy atom. The summed E-state index contributed by atoms with van der Waals surface area (Å²) in [6, 6.07) is 10.5. The highest BCUT2D eigenvalue weighted by molar-refractivity contribution is 5.75. The van der Waals surface area contributed by atoms with Crippen molar-refractivity contribution in [3.05, 3.63) is 35.9 Å². The van der Waals surface area contributed by atoms with E-state index in [4.69, 9.17) is 5.11 Å². The van der Waals surface area contributed by atoms with Crippen LogP contribution in [-0.4, -0.2) is 41.3 Å². The van der Waals surface area contributed by atoms with Gasteiger partial charge in [0.25, 0.3) is 0 Å². The Bertz CT molecular complexity index is 469. The zero-order valence-electron chi connectivity index (χ0n) is 13.2. The average molecular weight is 290 g/mol. The van der Waals surface area contributed by atoms with Gasteiger partial charge in [-0.15, -0.1) is 0 Å². The van der Waals surface area contributed by atoms with Crippen LogP contribution in [-0.2, 0) is 5.41 Å². The lowest BCUT2D eigenvalue weighted by atomic mass is 9.78. The SMILES string of the molecule is CC(NC(=O)N(CCO)C1CC1)C(C)(C)c1ccccc1. The molecule has 2 rings (SSSR count). The van der Waals surface area contributed by atoms with Crippen molar-refractivity contribution in [1.82, 2.24) is 10.2 Å².